The van der Waals surface area contributed by atoms with E-state index < -0.39 is 130 Å². The number of fused-ring (bicyclic) bond motifs is 2. The summed E-state index contributed by atoms with van der Waals surface area (Å²) >= 11 is 0. The molecular weight excluding hydrogens is 739 g/mol. The number of rotatable bonds is 2. The monoisotopic (exact) mass is 745 g/mol. The van der Waals surface area contributed by atoms with Gasteiger partial charge in [-0.1, -0.05) is 6.07 Å². The number of alkyl halides is 9. The Morgan fingerprint density at radius 2 is 0.870 bits per heavy atom. The van der Waals surface area contributed by atoms with E-state index in [1.807, 2.05) is 0 Å². The van der Waals surface area contributed by atoms with Crippen LogP contribution in [0.2, 0.25) is 0 Å². The van der Waals surface area contributed by atoms with Crippen molar-refractivity contribution >= 4 is 33.4 Å². The van der Waals surface area contributed by atoms with E-state index in [4.69, 9.17) is 0 Å². The van der Waals surface area contributed by atoms with Gasteiger partial charge in [0.05, 0.1) is 39.5 Å². The quantitative estimate of drug-likeness (QED) is 0.186. The Bertz CT molecular complexity index is 2640. The second-order valence-electron chi connectivity index (χ2n) is 11.0. The molecule has 0 fully saturated rings. The lowest BCUT2D eigenvalue weighted by Gasteiger charge is -2.16. The van der Waals surface area contributed by atoms with Crippen molar-refractivity contribution in [1.29, 1.82) is 36.8 Å². The summed E-state index contributed by atoms with van der Waals surface area (Å²) < 4.78 is 158. The third-order valence-electron chi connectivity index (χ3n) is 8.16. The van der Waals surface area contributed by atoms with E-state index in [1.54, 1.807) is 0 Å². The minimum atomic E-state index is -5.49. The van der Waals surface area contributed by atoms with Gasteiger partial charge in [0.1, 0.15) is 59.2 Å². The highest BCUT2D eigenvalue weighted by Crippen LogP contribution is 2.57. The van der Waals surface area contributed by atoms with E-state index in [2.05, 4.69) is 0 Å². The molecule has 0 unspecified atom stereocenters. The SMILES string of the molecule is N#CC(C#N)=C1C(c2cc(C(F)(F)F)cc(C(F)(F)F)c2)=C(C#N)c2c(F)c3c(c(F)c21)C(C#N)=C(c1ccc(C(F)(F)F)c(C#N)c1)C3=C(C#N)C#N. The van der Waals surface area contributed by atoms with Crippen LogP contribution in [0, 0.1) is 91.0 Å². The number of hydrogen-bond acceptors (Lipinski definition) is 7. The molecule has 3 aromatic rings. The molecule has 262 valence electrons. The van der Waals surface area contributed by atoms with Crippen LogP contribution in [-0.4, -0.2) is 0 Å². The van der Waals surface area contributed by atoms with Crippen molar-refractivity contribution in [2.45, 2.75) is 18.5 Å². The Morgan fingerprint density at radius 1 is 0.463 bits per heavy atom. The van der Waals surface area contributed by atoms with Gasteiger partial charge in [-0.3, -0.25) is 0 Å². The summed E-state index contributed by atoms with van der Waals surface area (Å²) in [6, 6.07) is 10.7. The van der Waals surface area contributed by atoms with Crippen molar-refractivity contribution in [3.8, 4) is 42.5 Å². The lowest BCUT2D eigenvalue weighted by atomic mass is 9.88. The van der Waals surface area contributed by atoms with E-state index in [-0.39, 0.29) is 18.2 Å². The predicted molar refractivity (Wildman–Crippen MR) is 160 cm³/mol. The molecule has 0 N–H and O–H groups in total. The molecule has 18 heteroatoms. The Kier molecular flexibility index (Phi) is 8.90. The first-order valence-electron chi connectivity index (χ1n) is 14.1. The maximum absolute atomic E-state index is 17.1. The first-order valence-corrected chi connectivity index (χ1v) is 14.1. The topological polar surface area (TPSA) is 167 Å². The molecule has 2 aliphatic carbocycles. The number of hydrogen-bond donors (Lipinski definition) is 0. The molecule has 0 radical (unpaired) electrons. The summed E-state index contributed by atoms with van der Waals surface area (Å²) in [5, 5.41) is 69.1. The fraction of sp³-hybridized carbons (Fsp3) is 0.0833. The maximum Gasteiger partial charge on any atom is 0.417 e. The highest BCUT2D eigenvalue weighted by atomic mass is 19.4. The normalized spacial score (nSPS) is 13.5. The number of halogens is 11. The number of nitriles is 7. The van der Waals surface area contributed by atoms with E-state index in [0.29, 0.717) is 18.2 Å². The Labute approximate surface area is 294 Å². The van der Waals surface area contributed by atoms with Crippen LogP contribution in [0.5, 0.6) is 0 Å². The van der Waals surface area contributed by atoms with Gasteiger partial charge < -0.3 is 0 Å². The lowest BCUT2D eigenvalue weighted by molar-refractivity contribution is -0.143. The van der Waals surface area contributed by atoms with Crippen LogP contribution in [-0.2, 0) is 18.5 Å². The van der Waals surface area contributed by atoms with Crippen LogP contribution in [0.25, 0.3) is 33.4 Å². The van der Waals surface area contributed by atoms with Crippen molar-refractivity contribution in [2.75, 3.05) is 0 Å². The molecule has 0 spiro atoms. The summed E-state index contributed by atoms with van der Waals surface area (Å²) in [7, 11) is 0. The predicted octanol–water partition coefficient (Wildman–Crippen LogP) is 9.39. The van der Waals surface area contributed by atoms with Gasteiger partial charge in [-0.25, -0.2) is 8.78 Å². The molecule has 0 aromatic heterocycles. The van der Waals surface area contributed by atoms with Crippen LogP contribution in [0.3, 0.4) is 0 Å². The van der Waals surface area contributed by atoms with Gasteiger partial charge in [-0.05, 0) is 41.5 Å². The zero-order valence-corrected chi connectivity index (χ0v) is 25.8. The molecule has 54 heavy (non-hydrogen) atoms. The fourth-order valence-corrected chi connectivity index (χ4v) is 6.09. The Morgan fingerprint density at radius 3 is 1.20 bits per heavy atom. The molecule has 0 saturated heterocycles. The highest BCUT2D eigenvalue weighted by molar-refractivity contribution is 6.30. The van der Waals surface area contributed by atoms with Crippen LogP contribution in [0.15, 0.2) is 47.5 Å². The van der Waals surface area contributed by atoms with Crippen LogP contribution in [0.4, 0.5) is 48.3 Å². The molecular formula is C36H6F11N7. The molecule has 0 saturated carbocycles. The summed E-state index contributed by atoms with van der Waals surface area (Å²) in [6.45, 7) is 0. The van der Waals surface area contributed by atoms with Gasteiger partial charge in [-0.2, -0.15) is 76.3 Å². The van der Waals surface area contributed by atoms with E-state index in [0.717, 1.165) is 0 Å². The molecule has 7 nitrogen and oxygen atoms in total. The zero-order valence-electron chi connectivity index (χ0n) is 25.8. The van der Waals surface area contributed by atoms with Crippen LogP contribution in [0.1, 0.15) is 55.6 Å². The molecule has 3 aromatic carbocycles. The third-order valence-corrected chi connectivity index (χ3v) is 8.16. The number of nitrogens with zero attached hydrogens (tertiary/aromatic N) is 7. The average Bonchev–Trinajstić information content (AvgIpc) is 3.64. The lowest BCUT2D eigenvalue weighted by Crippen LogP contribution is -2.12. The average molecular weight is 745 g/mol. The van der Waals surface area contributed by atoms with Gasteiger partial charge in [0.25, 0.3) is 0 Å². The van der Waals surface area contributed by atoms with Crippen molar-refractivity contribution in [3.63, 3.8) is 0 Å². The first-order chi connectivity index (χ1) is 25.2. The molecule has 0 atom stereocenters. The van der Waals surface area contributed by atoms with Crippen LogP contribution >= 0.6 is 0 Å². The first kappa shape index (κ1) is 37.5. The fourth-order valence-electron chi connectivity index (χ4n) is 6.09. The second-order valence-corrected chi connectivity index (χ2v) is 11.0. The summed E-state index contributed by atoms with van der Waals surface area (Å²) in [6.07, 6.45) is -16.1. The number of allylic oxidation sites excluding steroid dienone is 8. The Hall–Kier alpha value is -7.72. The van der Waals surface area contributed by atoms with Crippen molar-refractivity contribution in [1.82, 2.24) is 0 Å². The summed E-state index contributed by atoms with van der Waals surface area (Å²) in [4.78, 5) is 0. The molecule has 0 bridgehead atoms. The second kappa shape index (κ2) is 12.8. The van der Waals surface area contributed by atoms with Gasteiger partial charge in [-0.15, -0.1) is 0 Å². The van der Waals surface area contributed by atoms with Gasteiger partial charge in [0.2, 0.25) is 0 Å². The Balaban J connectivity index is 2.02. The molecule has 0 aliphatic heterocycles. The maximum atomic E-state index is 17.1. The minimum Gasteiger partial charge on any atom is -0.206 e. The summed E-state index contributed by atoms with van der Waals surface area (Å²) in [5.41, 5.74) is -21.7. The van der Waals surface area contributed by atoms with E-state index in [1.165, 1.54) is 42.5 Å². The van der Waals surface area contributed by atoms with Gasteiger partial charge in [0.15, 0.2) is 0 Å². The third kappa shape index (κ3) is 5.64. The zero-order chi connectivity index (χ0) is 40.2. The van der Waals surface area contributed by atoms with E-state index >= 15 is 8.78 Å². The van der Waals surface area contributed by atoms with Crippen LogP contribution < -0.4 is 0 Å². The summed E-state index contributed by atoms with van der Waals surface area (Å²) in [5.74, 6) is -3.67. The standard InChI is InChI=1S/C36H6F11N7/c37-32-28-21(12-53)24(14-1-2-23(36(45,46)47)16(3-14)7-48)26(17(8-49)9-50)30(28)33(38)29-22(13-54)25(27(31(29)32)18(10-51)11-52)15-4-19(34(39,40)41)6-20(5-15)35(42,43)44/h1-6H. The minimum absolute atomic E-state index is 0.0640. The largest absolute Gasteiger partial charge is 0.417 e. The smallest absolute Gasteiger partial charge is 0.206 e. The molecule has 0 heterocycles. The molecule has 2 aliphatic rings. The van der Waals surface area contributed by atoms with Gasteiger partial charge in [0, 0.05) is 44.5 Å². The van der Waals surface area contributed by atoms with Gasteiger partial charge >= 0.3 is 18.5 Å². The highest BCUT2D eigenvalue weighted by Gasteiger charge is 2.46. The molecule has 5 rings (SSSR count). The van der Waals surface area contributed by atoms with E-state index in [9.17, 15) is 76.3 Å². The number of benzene rings is 3. The van der Waals surface area contributed by atoms with Crippen molar-refractivity contribution < 1.29 is 48.3 Å². The van der Waals surface area contributed by atoms with Crippen molar-refractivity contribution in [3.05, 3.63) is 115 Å². The van der Waals surface area contributed by atoms with Crippen molar-refractivity contribution in [2.24, 2.45) is 0 Å². The molecule has 0 amide bonds.